The van der Waals surface area contributed by atoms with Crippen molar-refractivity contribution in [3.8, 4) is 11.5 Å². The Balaban J connectivity index is 2.21. The molecule has 28 heavy (non-hydrogen) atoms. The first-order chi connectivity index (χ1) is 12.9. The lowest BCUT2D eigenvalue weighted by Crippen LogP contribution is -2.30. The Morgan fingerprint density at radius 1 is 1.07 bits per heavy atom. The molecule has 0 saturated carbocycles. The lowest BCUT2D eigenvalue weighted by Gasteiger charge is -2.14. The molecule has 2 aromatic carbocycles. The number of hydrogen-bond donors (Lipinski definition) is 1. The molecule has 1 amide bonds. The maximum absolute atomic E-state index is 14.1. The SMILES string of the molecule is CS(=O)(=O)NC(=O)c1cc(F)c(COc2ccccc2OC(F)(F)F)cc1F. The van der Waals surface area contributed by atoms with E-state index in [1.54, 1.807) is 0 Å². The summed E-state index contributed by atoms with van der Waals surface area (Å²) in [6.45, 7) is -0.686. The second-order valence-electron chi connectivity index (χ2n) is 5.41. The molecule has 0 heterocycles. The van der Waals surface area contributed by atoms with Crippen molar-refractivity contribution in [1.82, 2.24) is 4.72 Å². The second kappa shape index (κ2) is 8.00. The summed E-state index contributed by atoms with van der Waals surface area (Å²) in [6, 6.07) is 5.71. The number of amides is 1. The highest BCUT2D eigenvalue weighted by Gasteiger charge is 2.32. The van der Waals surface area contributed by atoms with Gasteiger partial charge in [-0.3, -0.25) is 4.79 Å². The molecule has 0 fully saturated rings. The molecule has 0 aliphatic heterocycles. The van der Waals surface area contributed by atoms with Crippen LogP contribution in [0.2, 0.25) is 0 Å². The Bertz CT molecular complexity index is 991. The summed E-state index contributed by atoms with van der Waals surface area (Å²) in [5.74, 6) is -4.82. The first-order valence-corrected chi connectivity index (χ1v) is 9.22. The molecule has 0 saturated heterocycles. The third-order valence-corrected chi connectivity index (χ3v) is 3.67. The molecule has 6 nitrogen and oxygen atoms in total. The van der Waals surface area contributed by atoms with Crippen LogP contribution in [0.5, 0.6) is 11.5 Å². The van der Waals surface area contributed by atoms with Gasteiger partial charge in [0.05, 0.1) is 11.8 Å². The van der Waals surface area contributed by atoms with Crippen LogP contribution in [0.3, 0.4) is 0 Å². The zero-order chi connectivity index (χ0) is 21.1. The smallest absolute Gasteiger partial charge is 0.485 e. The summed E-state index contributed by atoms with van der Waals surface area (Å²) >= 11 is 0. The number of carbonyl (C=O) groups is 1. The second-order valence-corrected chi connectivity index (χ2v) is 7.16. The molecule has 0 aliphatic carbocycles. The predicted molar refractivity (Wildman–Crippen MR) is 86.1 cm³/mol. The third-order valence-electron chi connectivity index (χ3n) is 3.12. The molecule has 0 bridgehead atoms. The molecule has 1 N–H and O–H groups in total. The summed E-state index contributed by atoms with van der Waals surface area (Å²) in [4.78, 5) is 11.7. The number of rotatable bonds is 6. The van der Waals surface area contributed by atoms with Crippen molar-refractivity contribution in [1.29, 1.82) is 0 Å². The van der Waals surface area contributed by atoms with Gasteiger partial charge in [-0.2, -0.15) is 0 Å². The van der Waals surface area contributed by atoms with Gasteiger partial charge >= 0.3 is 6.36 Å². The van der Waals surface area contributed by atoms with Crippen molar-refractivity contribution in [2.24, 2.45) is 0 Å². The van der Waals surface area contributed by atoms with E-state index in [4.69, 9.17) is 4.74 Å². The van der Waals surface area contributed by atoms with Gasteiger partial charge in [-0.15, -0.1) is 13.2 Å². The highest BCUT2D eigenvalue weighted by molar-refractivity contribution is 7.89. The summed E-state index contributed by atoms with van der Waals surface area (Å²) in [5.41, 5.74) is -1.29. The highest BCUT2D eigenvalue weighted by Crippen LogP contribution is 2.32. The molecule has 2 rings (SSSR count). The van der Waals surface area contributed by atoms with Gasteiger partial charge in [0.2, 0.25) is 10.0 Å². The Kier molecular flexibility index (Phi) is 6.12. The van der Waals surface area contributed by atoms with Crippen molar-refractivity contribution in [2.45, 2.75) is 13.0 Å². The molecule has 0 aromatic heterocycles. The summed E-state index contributed by atoms with van der Waals surface area (Å²) < 4.78 is 97.6. The van der Waals surface area contributed by atoms with Gasteiger partial charge in [0, 0.05) is 5.56 Å². The highest BCUT2D eigenvalue weighted by atomic mass is 32.2. The molecule has 152 valence electrons. The Labute approximate surface area is 155 Å². The largest absolute Gasteiger partial charge is 0.573 e. The molecule has 12 heteroatoms. The van der Waals surface area contributed by atoms with Crippen LogP contribution in [-0.4, -0.2) is 26.9 Å². The fourth-order valence-electron chi connectivity index (χ4n) is 2.03. The average molecular weight is 425 g/mol. The van der Waals surface area contributed by atoms with Crippen LogP contribution >= 0.6 is 0 Å². The number of para-hydroxylation sites is 2. The topological polar surface area (TPSA) is 81.7 Å². The number of hydrogen-bond acceptors (Lipinski definition) is 5. The van der Waals surface area contributed by atoms with Crippen molar-refractivity contribution in [2.75, 3.05) is 6.26 Å². The van der Waals surface area contributed by atoms with Crippen molar-refractivity contribution >= 4 is 15.9 Å². The minimum atomic E-state index is -4.98. The van der Waals surface area contributed by atoms with E-state index in [1.807, 2.05) is 0 Å². The molecule has 0 aliphatic rings. The molecule has 0 unspecified atom stereocenters. The fourth-order valence-corrected chi connectivity index (χ4v) is 2.48. The van der Waals surface area contributed by atoms with Crippen LogP contribution in [0.1, 0.15) is 15.9 Å². The van der Waals surface area contributed by atoms with Crippen LogP contribution in [-0.2, 0) is 16.6 Å². The molecule has 2 aromatic rings. The van der Waals surface area contributed by atoms with Crippen LogP contribution < -0.4 is 14.2 Å². The fraction of sp³-hybridized carbons (Fsp3) is 0.188. The van der Waals surface area contributed by atoms with Gasteiger partial charge in [0.1, 0.15) is 18.2 Å². The zero-order valence-corrected chi connectivity index (χ0v) is 14.8. The number of sulfonamides is 1. The number of nitrogens with one attached hydrogen (secondary N) is 1. The molecular formula is C16H12F5NO5S. The average Bonchev–Trinajstić information content (AvgIpc) is 2.53. The van der Waals surface area contributed by atoms with Gasteiger partial charge in [0.15, 0.2) is 11.5 Å². The number of alkyl halides is 3. The van der Waals surface area contributed by atoms with E-state index < -0.39 is 57.4 Å². The Morgan fingerprint density at radius 2 is 1.68 bits per heavy atom. The number of ether oxygens (including phenoxy) is 2. The zero-order valence-electron chi connectivity index (χ0n) is 14.0. The minimum Gasteiger partial charge on any atom is -0.485 e. The molecule has 0 radical (unpaired) electrons. The van der Waals surface area contributed by atoms with Crippen molar-refractivity contribution in [3.05, 3.63) is 59.2 Å². The van der Waals surface area contributed by atoms with E-state index in [2.05, 4.69) is 4.74 Å². The van der Waals surface area contributed by atoms with E-state index in [9.17, 15) is 35.2 Å². The first kappa shape index (κ1) is 21.4. The Morgan fingerprint density at radius 3 is 2.25 bits per heavy atom. The van der Waals surface area contributed by atoms with Gasteiger partial charge in [-0.05, 0) is 24.3 Å². The van der Waals surface area contributed by atoms with Crippen LogP contribution in [0.4, 0.5) is 22.0 Å². The van der Waals surface area contributed by atoms with Crippen LogP contribution in [0, 0.1) is 11.6 Å². The predicted octanol–water partition coefficient (Wildman–Crippen LogP) is 3.13. The normalized spacial score (nSPS) is 11.8. The van der Waals surface area contributed by atoms with Gasteiger partial charge in [-0.1, -0.05) is 12.1 Å². The third kappa shape index (κ3) is 6.08. The van der Waals surface area contributed by atoms with Gasteiger partial charge < -0.3 is 9.47 Å². The summed E-state index contributed by atoms with van der Waals surface area (Å²) in [6.07, 6.45) is -4.33. The van der Waals surface area contributed by atoms with Crippen LogP contribution in [0.25, 0.3) is 0 Å². The van der Waals surface area contributed by atoms with E-state index in [0.717, 1.165) is 12.1 Å². The maximum atomic E-state index is 14.1. The number of halogens is 5. The van der Waals surface area contributed by atoms with Gasteiger partial charge in [-0.25, -0.2) is 21.9 Å². The van der Waals surface area contributed by atoms with E-state index >= 15 is 0 Å². The van der Waals surface area contributed by atoms with Crippen LogP contribution in [0.15, 0.2) is 36.4 Å². The maximum Gasteiger partial charge on any atom is 0.573 e. The number of benzene rings is 2. The first-order valence-electron chi connectivity index (χ1n) is 7.33. The van der Waals surface area contributed by atoms with Crippen molar-refractivity contribution in [3.63, 3.8) is 0 Å². The quantitative estimate of drug-likeness (QED) is 0.720. The van der Waals surface area contributed by atoms with E-state index in [-0.39, 0.29) is 5.75 Å². The molecule has 0 spiro atoms. The summed E-state index contributed by atoms with van der Waals surface area (Å²) in [7, 11) is -4.00. The van der Waals surface area contributed by atoms with E-state index in [0.29, 0.717) is 18.4 Å². The summed E-state index contributed by atoms with van der Waals surface area (Å²) in [5, 5.41) is 0. The van der Waals surface area contributed by atoms with Gasteiger partial charge in [0.25, 0.3) is 5.91 Å². The standard InChI is InChI=1S/C16H12F5NO5S/c1-28(24,25)22-15(23)10-7-11(17)9(6-12(10)18)8-26-13-4-2-3-5-14(13)27-16(19,20)21/h2-7H,8H2,1H3,(H,22,23). The van der Waals surface area contributed by atoms with E-state index in [1.165, 1.54) is 16.9 Å². The Hall–Kier alpha value is -2.89. The number of carbonyl (C=O) groups excluding carboxylic acids is 1. The monoisotopic (exact) mass is 425 g/mol. The molecule has 0 atom stereocenters. The molecular weight excluding hydrogens is 413 g/mol. The lowest BCUT2D eigenvalue weighted by atomic mass is 10.1. The minimum absolute atomic E-state index is 0.376. The lowest BCUT2D eigenvalue weighted by molar-refractivity contribution is -0.275. The van der Waals surface area contributed by atoms with Crippen molar-refractivity contribution < 1.29 is 44.6 Å².